The summed E-state index contributed by atoms with van der Waals surface area (Å²) in [5.74, 6) is -0.662. The molecule has 112 valence electrons. The number of nitrogens with one attached hydrogen (secondary N) is 1. The van der Waals surface area contributed by atoms with Gasteiger partial charge in [-0.1, -0.05) is 6.07 Å². The first kappa shape index (κ1) is 14.9. The lowest BCUT2D eigenvalue weighted by molar-refractivity contribution is -0.138. The Morgan fingerprint density at radius 3 is 2.57 bits per heavy atom. The van der Waals surface area contributed by atoms with Gasteiger partial charge in [0.1, 0.15) is 0 Å². The number of carbonyl (C=O) groups is 1. The lowest BCUT2D eigenvalue weighted by Crippen LogP contribution is -2.16. The maximum Gasteiger partial charge on any atom is 0.416 e. The Morgan fingerprint density at radius 2 is 2.05 bits per heavy atom. The van der Waals surface area contributed by atoms with Crippen LogP contribution in [-0.2, 0) is 13.2 Å². The van der Waals surface area contributed by atoms with Crippen molar-refractivity contribution in [3.05, 3.63) is 41.2 Å². The molecule has 0 bridgehead atoms. The van der Waals surface area contributed by atoms with Crippen LogP contribution >= 0.6 is 0 Å². The molecule has 0 fully saturated rings. The van der Waals surface area contributed by atoms with Crippen molar-refractivity contribution in [2.24, 2.45) is 7.05 Å². The molecule has 1 heterocycles. The van der Waals surface area contributed by atoms with E-state index in [-0.39, 0.29) is 22.6 Å². The van der Waals surface area contributed by atoms with Crippen LogP contribution in [0.25, 0.3) is 0 Å². The average molecular weight is 298 g/mol. The van der Waals surface area contributed by atoms with E-state index in [4.69, 9.17) is 5.73 Å². The van der Waals surface area contributed by atoms with Crippen molar-refractivity contribution in [2.75, 3.05) is 11.1 Å². The second-order valence-electron chi connectivity index (χ2n) is 4.59. The highest BCUT2D eigenvalue weighted by Gasteiger charge is 2.32. The molecule has 0 spiro atoms. The van der Waals surface area contributed by atoms with Crippen molar-refractivity contribution >= 4 is 17.3 Å². The first-order valence-electron chi connectivity index (χ1n) is 5.97. The average Bonchev–Trinajstić information content (AvgIpc) is 2.69. The number of hydrogen-bond donors (Lipinski definition) is 2. The number of nitrogens with two attached hydrogens (primary N) is 1. The zero-order chi connectivity index (χ0) is 15.8. The Morgan fingerprint density at radius 1 is 1.38 bits per heavy atom. The van der Waals surface area contributed by atoms with Gasteiger partial charge in [-0.15, -0.1) is 0 Å². The third-order valence-electron chi connectivity index (χ3n) is 2.87. The van der Waals surface area contributed by atoms with Gasteiger partial charge < -0.3 is 11.1 Å². The molecular formula is C13H13F3N4O. The number of nitrogen functional groups attached to an aromatic ring is 1. The molecule has 0 aliphatic carbocycles. The second-order valence-corrected chi connectivity index (χ2v) is 4.59. The first-order chi connectivity index (χ1) is 9.68. The van der Waals surface area contributed by atoms with Crippen LogP contribution in [0.4, 0.5) is 24.5 Å². The van der Waals surface area contributed by atoms with Crippen LogP contribution in [-0.4, -0.2) is 15.7 Å². The fourth-order valence-electron chi connectivity index (χ4n) is 1.88. The van der Waals surface area contributed by atoms with E-state index >= 15 is 0 Å². The van der Waals surface area contributed by atoms with E-state index in [1.54, 1.807) is 7.05 Å². The van der Waals surface area contributed by atoms with Gasteiger partial charge in [-0.05, 0) is 24.6 Å². The molecule has 2 rings (SSSR count). The molecule has 1 aromatic heterocycles. The minimum Gasteiger partial charge on any atom is -0.396 e. The van der Waals surface area contributed by atoms with E-state index in [1.807, 2.05) is 0 Å². The normalized spacial score (nSPS) is 11.5. The number of aryl methyl sites for hydroxylation is 2. The highest BCUT2D eigenvalue weighted by atomic mass is 19.4. The standard InChI is InChI=1S/C13H13F3N4O/c1-7-3-4-8(5-9(7)13(14,15)16)18-12(21)11-10(17)6-20(2)19-11/h3-6H,17H2,1-2H3,(H,18,21). The highest BCUT2D eigenvalue weighted by molar-refractivity contribution is 6.06. The summed E-state index contributed by atoms with van der Waals surface area (Å²) in [6.45, 7) is 1.35. The summed E-state index contributed by atoms with van der Waals surface area (Å²) in [5.41, 5.74) is 5.03. The lowest BCUT2D eigenvalue weighted by Gasteiger charge is -2.12. The number of carbonyl (C=O) groups excluding carboxylic acids is 1. The molecule has 8 heteroatoms. The summed E-state index contributed by atoms with van der Waals surface area (Å²) in [5, 5.41) is 6.21. The zero-order valence-electron chi connectivity index (χ0n) is 11.3. The Balaban J connectivity index is 2.28. The van der Waals surface area contributed by atoms with E-state index in [0.717, 1.165) is 6.07 Å². The Kier molecular flexibility index (Phi) is 3.63. The van der Waals surface area contributed by atoms with Gasteiger partial charge in [-0.2, -0.15) is 18.3 Å². The molecule has 0 saturated heterocycles. The van der Waals surface area contributed by atoms with Crippen molar-refractivity contribution < 1.29 is 18.0 Å². The molecule has 0 aliphatic heterocycles. The fraction of sp³-hybridized carbons (Fsp3) is 0.231. The van der Waals surface area contributed by atoms with Crippen LogP contribution in [0.15, 0.2) is 24.4 Å². The summed E-state index contributed by atoms with van der Waals surface area (Å²) in [4.78, 5) is 11.9. The molecule has 21 heavy (non-hydrogen) atoms. The van der Waals surface area contributed by atoms with Gasteiger partial charge in [0.15, 0.2) is 5.69 Å². The van der Waals surface area contributed by atoms with Crippen molar-refractivity contribution in [1.29, 1.82) is 0 Å². The highest BCUT2D eigenvalue weighted by Crippen LogP contribution is 2.33. The van der Waals surface area contributed by atoms with Crippen LogP contribution in [0.2, 0.25) is 0 Å². The molecule has 0 unspecified atom stereocenters. The number of rotatable bonds is 2. The quantitative estimate of drug-likeness (QED) is 0.895. The van der Waals surface area contributed by atoms with E-state index < -0.39 is 17.6 Å². The molecule has 1 amide bonds. The van der Waals surface area contributed by atoms with E-state index in [1.165, 1.54) is 29.9 Å². The lowest BCUT2D eigenvalue weighted by atomic mass is 10.1. The zero-order valence-corrected chi connectivity index (χ0v) is 11.3. The monoisotopic (exact) mass is 298 g/mol. The summed E-state index contributed by atoms with van der Waals surface area (Å²) in [7, 11) is 1.58. The van der Waals surface area contributed by atoms with Crippen LogP contribution < -0.4 is 11.1 Å². The summed E-state index contributed by atoms with van der Waals surface area (Å²) in [6.07, 6.45) is -3.04. The number of nitrogens with zero attached hydrogens (tertiary/aromatic N) is 2. The smallest absolute Gasteiger partial charge is 0.396 e. The SMILES string of the molecule is Cc1ccc(NC(=O)c2nn(C)cc2N)cc1C(F)(F)F. The van der Waals surface area contributed by atoms with Gasteiger partial charge in [0.2, 0.25) is 0 Å². The third-order valence-corrected chi connectivity index (χ3v) is 2.87. The van der Waals surface area contributed by atoms with Crippen LogP contribution in [0, 0.1) is 6.92 Å². The molecule has 0 aliphatic rings. The summed E-state index contributed by atoms with van der Waals surface area (Å²) in [6, 6.07) is 3.56. The second kappa shape index (κ2) is 5.12. The predicted molar refractivity (Wildman–Crippen MR) is 71.8 cm³/mol. The number of alkyl halides is 3. The van der Waals surface area contributed by atoms with Gasteiger partial charge in [0, 0.05) is 18.9 Å². The molecule has 0 radical (unpaired) electrons. The molecule has 0 atom stereocenters. The molecule has 1 aromatic carbocycles. The topological polar surface area (TPSA) is 72.9 Å². The maximum absolute atomic E-state index is 12.8. The largest absolute Gasteiger partial charge is 0.416 e. The molecule has 5 nitrogen and oxygen atoms in total. The van der Waals surface area contributed by atoms with Crippen molar-refractivity contribution in [3.8, 4) is 0 Å². The van der Waals surface area contributed by atoms with Crippen LogP contribution in [0.1, 0.15) is 21.6 Å². The van der Waals surface area contributed by atoms with Gasteiger partial charge >= 0.3 is 6.18 Å². The Hall–Kier alpha value is -2.51. The number of halogens is 3. The first-order valence-corrected chi connectivity index (χ1v) is 5.97. The predicted octanol–water partition coefficient (Wildman–Crippen LogP) is 2.58. The van der Waals surface area contributed by atoms with Crippen molar-refractivity contribution in [2.45, 2.75) is 13.1 Å². The van der Waals surface area contributed by atoms with E-state index in [2.05, 4.69) is 10.4 Å². The van der Waals surface area contributed by atoms with Crippen LogP contribution in [0.3, 0.4) is 0 Å². The third kappa shape index (κ3) is 3.15. The number of hydrogen-bond acceptors (Lipinski definition) is 3. The summed E-state index contributed by atoms with van der Waals surface area (Å²) >= 11 is 0. The minimum atomic E-state index is -4.48. The Labute approximate surface area is 118 Å². The van der Waals surface area contributed by atoms with E-state index in [9.17, 15) is 18.0 Å². The Bertz CT molecular complexity index is 691. The number of anilines is 2. The molecule has 2 aromatic rings. The number of amides is 1. The minimum absolute atomic E-state index is 0.0305. The summed E-state index contributed by atoms with van der Waals surface area (Å²) < 4.78 is 39.8. The molecular weight excluding hydrogens is 285 g/mol. The number of aromatic nitrogens is 2. The molecule has 0 saturated carbocycles. The van der Waals surface area contributed by atoms with Crippen molar-refractivity contribution in [3.63, 3.8) is 0 Å². The van der Waals surface area contributed by atoms with Gasteiger partial charge in [-0.25, -0.2) is 0 Å². The molecule has 3 N–H and O–H groups in total. The number of benzene rings is 1. The van der Waals surface area contributed by atoms with Gasteiger partial charge in [0.05, 0.1) is 11.3 Å². The maximum atomic E-state index is 12.8. The van der Waals surface area contributed by atoms with E-state index in [0.29, 0.717) is 0 Å². The van der Waals surface area contributed by atoms with Crippen molar-refractivity contribution in [1.82, 2.24) is 9.78 Å². The van der Waals surface area contributed by atoms with Gasteiger partial charge in [0.25, 0.3) is 5.91 Å². The van der Waals surface area contributed by atoms with Gasteiger partial charge in [-0.3, -0.25) is 9.48 Å². The fourth-order valence-corrected chi connectivity index (χ4v) is 1.88. The van der Waals surface area contributed by atoms with Crippen LogP contribution in [0.5, 0.6) is 0 Å².